The van der Waals surface area contributed by atoms with Crippen LogP contribution < -0.4 is 16.0 Å². The van der Waals surface area contributed by atoms with Gasteiger partial charge in [0.15, 0.2) is 0 Å². The van der Waals surface area contributed by atoms with Gasteiger partial charge in [0, 0.05) is 12.1 Å². The number of hydrogen-bond donors (Lipinski definition) is 3. The SMILES string of the molecule is CNCCCC(=O)NCC(=O)Nc1ccccc1.Cl. The maximum Gasteiger partial charge on any atom is 0.243 e. The summed E-state index contributed by atoms with van der Waals surface area (Å²) < 4.78 is 0. The van der Waals surface area contributed by atoms with Crippen molar-refractivity contribution >= 4 is 29.9 Å². The van der Waals surface area contributed by atoms with Gasteiger partial charge in [-0.3, -0.25) is 9.59 Å². The maximum absolute atomic E-state index is 11.5. The van der Waals surface area contributed by atoms with Gasteiger partial charge in [-0.15, -0.1) is 12.4 Å². The average molecular weight is 286 g/mol. The summed E-state index contributed by atoms with van der Waals surface area (Å²) in [4.78, 5) is 22.9. The second-order valence-corrected chi connectivity index (χ2v) is 3.90. The van der Waals surface area contributed by atoms with E-state index in [4.69, 9.17) is 0 Å². The predicted molar refractivity (Wildman–Crippen MR) is 78.5 cm³/mol. The van der Waals surface area contributed by atoms with Crippen LogP contribution in [0.4, 0.5) is 5.69 Å². The van der Waals surface area contributed by atoms with Gasteiger partial charge in [-0.1, -0.05) is 18.2 Å². The lowest BCUT2D eigenvalue weighted by atomic mass is 10.3. The van der Waals surface area contributed by atoms with Crippen molar-refractivity contribution in [3.05, 3.63) is 30.3 Å². The monoisotopic (exact) mass is 285 g/mol. The molecule has 5 nitrogen and oxygen atoms in total. The van der Waals surface area contributed by atoms with Gasteiger partial charge in [-0.2, -0.15) is 0 Å². The minimum atomic E-state index is -0.219. The highest BCUT2D eigenvalue weighted by Gasteiger charge is 2.05. The number of hydrogen-bond acceptors (Lipinski definition) is 3. The molecular formula is C13H20ClN3O2. The maximum atomic E-state index is 11.5. The molecule has 0 bridgehead atoms. The number of rotatable bonds is 7. The molecule has 0 saturated heterocycles. The number of para-hydroxylation sites is 1. The summed E-state index contributed by atoms with van der Waals surface area (Å²) in [6, 6.07) is 9.15. The van der Waals surface area contributed by atoms with E-state index in [1.807, 2.05) is 25.2 Å². The fraction of sp³-hybridized carbons (Fsp3) is 0.385. The van der Waals surface area contributed by atoms with Crippen molar-refractivity contribution in [1.29, 1.82) is 0 Å². The fourth-order valence-electron chi connectivity index (χ4n) is 1.42. The first-order valence-electron chi connectivity index (χ1n) is 5.98. The number of carbonyl (C=O) groups excluding carboxylic acids is 2. The van der Waals surface area contributed by atoms with Crippen molar-refractivity contribution < 1.29 is 9.59 Å². The number of carbonyl (C=O) groups is 2. The Morgan fingerprint density at radius 2 is 1.79 bits per heavy atom. The summed E-state index contributed by atoms with van der Waals surface area (Å²) in [5.74, 6) is -0.323. The minimum Gasteiger partial charge on any atom is -0.347 e. The Morgan fingerprint density at radius 1 is 1.11 bits per heavy atom. The van der Waals surface area contributed by atoms with E-state index in [9.17, 15) is 9.59 Å². The van der Waals surface area contributed by atoms with E-state index in [-0.39, 0.29) is 30.8 Å². The lowest BCUT2D eigenvalue weighted by Gasteiger charge is -2.06. The van der Waals surface area contributed by atoms with Crippen LogP contribution in [0.2, 0.25) is 0 Å². The van der Waals surface area contributed by atoms with Crippen molar-refractivity contribution in [2.75, 3.05) is 25.5 Å². The molecule has 0 atom stereocenters. The molecule has 0 unspecified atom stereocenters. The molecule has 1 rings (SSSR count). The van der Waals surface area contributed by atoms with Crippen molar-refractivity contribution in [2.45, 2.75) is 12.8 Å². The molecule has 0 aliphatic carbocycles. The van der Waals surface area contributed by atoms with Gasteiger partial charge in [0.05, 0.1) is 6.54 Å². The molecule has 0 saturated carbocycles. The van der Waals surface area contributed by atoms with Crippen LogP contribution in [0.3, 0.4) is 0 Å². The van der Waals surface area contributed by atoms with E-state index in [1.54, 1.807) is 12.1 Å². The summed E-state index contributed by atoms with van der Waals surface area (Å²) in [5.41, 5.74) is 0.729. The molecule has 0 fully saturated rings. The number of benzene rings is 1. The summed E-state index contributed by atoms with van der Waals surface area (Å²) in [6.45, 7) is 0.802. The van der Waals surface area contributed by atoms with Crippen LogP contribution in [-0.2, 0) is 9.59 Å². The first kappa shape index (κ1) is 17.4. The molecule has 0 aliphatic heterocycles. The van der Waals surface area contributed by atoms with E-state index in [0.29, 0.717) is 6.42 Å². The zero-order valence-corrected chi connectivity index (χ0v) is 11.8. The Kier molecular flexibility index (Phi) is 9.48. The van der Waals surface area contributed by atoms with Gasteiger partial charge in [0.1, 0.15) is 0 Å². The Hall–Kier alpha value is -1.59. The minimum absolute atomic E-state index is 0. The van der Waals surface area contributed by atoms with Gasteiger partial charge in [-0.25, -0.2) is 0 Å². The highest BCUT2D eigenvalue weighted by molar-refractivity contribution is 5.94. The van der Waals surface area contributed by atoms with Crippen LogP contribution in [-0.4, -0.2) is 32.0 Å². The summed E-state index contributed by atoms with van der Waals surface area (Å²) in [7, 11) is 1.84. The third-order valence-electron chi connectivity index (χ3n) is 2.33. The van der Waals surface area contributed by atoms with E-state index in [1.165, 1.54) is 0 Å². The molecular weight excluding hydrogens is 266 g/mol. The molecule has 0 aromatic heterocycles. The Balaban J connectivity index is 0.00000324. The molecule has 0 radical (unpaired) electrons. The zero-order chi connectivity index (χ0) is 13.2. The Bertz CT molecular complexity index is 385. The first-order chi connectivity index (χ1) is 8.72. The van der Waals surface area contributed by atoms with Crippen LogP contribution in [0, 0.1) is 0 Å². The van der Waals surface area contributed by atoms with Gasteiger partial charge in [-0.05, 0) is 32.1 Å². The standard InChI is InChI=1S/C13H19N3O2.ClH/c1-14-9-5-8-12(17)15-10-13(18)16-11-6-3-2-4-7-11;/h2-4,6-7,14H,5,8-10H2,1H3,(H,15,17)(H,16,18);1H. The summed E-state index contributed by atoms with van der Waals surface area (Å²) in [6.07, 6.45) is 1.20. The third-order valence-corrected chi connectivity index (χ3v) is 2.33. The number of amides is 2. The third kappa shape index (κ3) is 8.18. The van der Waals surface area contributed by atoms with Crippen molar-refractivity contribution in [3.63, 3.8) is 0 Å². The number of nitrogens with one attached hydrogen (secondary N) is 3. The zero-order valence-electron chi connectivity index (χ0n) is 10.9. The number of anilines is 1. The number of halogens is 1. The molecule has 6 heteroatoms. The normalized spacial score (nSPS) is 9.32. The van der Waals surface area contributed by atoms with E-state index in [2.05, 4.69) is 16.0 Å². The molecule has 0 aliphatic rings. The molecule has 19 heavy (non-hydrogen) atoms. The second-order valence-electron chi connectivity index (χ2n) is 3.90. The highest BCUT2D eigenvalue weighted by Crippen LogP contribution is 2.03. The molecule has 2 amide bonds. The second kappa shape index (κ2) is 10.3. The van der Waals surface area contributed by atoms with Crippen molar-refractivity contribution in [3.8, 4) is 0 Å². The van der Waals surface area contributed by atoms with Crippen LogP contribution in [0.1, 0.15) is 12.8 Å². The smallest absolute Gasteiger partial charge is 0.243 e. The van der Waals surface area contributed by atoms with Crippen LogP contribution in [0.15, 0.2) is 30.3 Å². The summed E-state index contributed by atoms with van der Waals surface area (Å²) in [5, 5.41) is 8.24. The van der Waals surface area contributed by atoms with Gasteiger partial charge >= 0.3 is 0 Å². The van der Waals surface area contributed by atoms with Gasteiger partial charge in [0.25, 0.3) is 0 Å². The lowest BCUT2D eigenvalue weighted by molar-refractivity contribution is -0.124. The van der Waals surface area contributed by atoms with E-state index >= 15 is 0 Å². The van der Waals surface area contributed by atoms with Gasteiger partial charge in [0.2, 0.25) is 11.8 Å². The lowest BCUT2D eigenvalue weighted by Crippen LogP contribution is -2.33. The molecule has 3 N–H and O–H groups in total. The van der Waals surface area contributed by atoms with Crippen molar-refractivity contribution in [2.24, 2.45) is 0 Å². The molecule has 106 valence electrons. The Morgan fingerprint density at radius 3 is 2.42 bits per heavy atom. The average Bonchev–Trinajstić information content (AvgIpc) is 2.38. The van der Waals surface area contributed by atoms with Crippen LogP contribution in [0.5, 0.6) is 0 Å². The topological polar surface area (TPSA) is 70.2 Å². The van der Waals surface area contributed by atoms with E-state index < -0.39 is 0 Å². The van der Waals surface area contributed by atoms with E-state index in [0.717, 1.165) is 18.7 Å². The Labute approximate surface area is 119 Å². The quantitative estimate of drug-likeness (QED) is 0.659. The van der Waals surface area contributed by atoms with Crippen molar-refractivity contribution in [1.82, 2.24) is 10.6 Å². The van der Waals surface area contributed by atoms with Crippen LogP contribution >= 0.6 is 12.4 Å². The largest absolute Gasteiger partial charge is 0.347 e. The first-order valence-corrected chi connectivity index (χ1v) is 5.98. The molecule has 1 aromatic rings. The van der Waals surface area contributed by atoms with Crippen LogP contribution in [0.25, 0.3) is 0 Å². The molecule has 0 spiro atoms. The molecule has 1 aromatic carbocycles. The molecule has 0 heterocycles. The highest BCUT2D eigenvalue weighted by atomic mass is 35.5. The fourth-order valence-corrected chi connectivity index (χ4v) is 1.42. The summed E-state index contributed by atoms with van der Waals surface area (Å²) >= 11 is 0. The predicted octanol–water partition coefficient (Wildman–Crippen LogP) is 1.16. The van der Waals surface area contributed by atoms with Gasteiger partial charge < -0.3 is 16.0 Å².